The molecular weight excluding hydrogens is 1020 g/mol. The highest BCUT2D eigenvalue weighted by Crippen LogP contribution is 2.17. The molecule has 0 N–H and O–H groups in total. The molecule has 0 rings (SSSR count). The van der Waals surface area contributed by atoms with Gasteiger partial charge >= 0.3 is 17.9 Å². The van der Waals surface area contributed by atoms with Gasteiger partial charge in [0, 0.05) is 19.3 Å². The number of ether oxygens (including phenoxy) is 3. The number of carbonyl (C=O) groups is 3. The van der Waals surface area contributed by atoms with E-state index in [-0.39, 0.29) is 37.5 Å². The van der Waals surface area contributed by atoms with Gasteiger partial charge in [0.15, 0.2) is 6.10 Å². The summed E-state index contributed by atoms with van der Waals surface area (Å²) in [6.07, 6.45) is 99.2. The first-order chi connectivity index (χ1) is 41.0. The van der Waals surface area contributed by atoms with Crippen LogP contribution in [0.1, 0.15) is 316 Å². The molecule has 0 fully saturated rings. The van der Waals surface area contributed by atoms with Crippen LogP contribution in [-0.4, -0.2) is 37.2 Å². The Kier molecular flexibility index (Phi) is 66.3. The lowest BCUT2D eigenvalue weighted by molar-refractivity contribution is -0.167. The largest absolute Gasteiger partial charge is 0.462 e. The van der Waals surface area contributed by atoms with Crippen LogP contribution in [0.4, 0.5) is 0 Å². The number of esters is 3. The second-order valence-electron chi connectivity index (χ2n) is 22.7. The predicted octanol–water partition coefficient (Wildman–Crippen LogP) is 24.1. The molecule has 0 heterocycles. The SMILES string of the molecule is CC/C=C\C/C=C\C/C=C\C/C=C\C/C=C\C/C=C\C/C=C\CCCC(=O)OC(COC(=O)CCCC/C=C\C/C=C\C/C=C\C/C=C\CC)COC(=O)CCCCCCCCCCCCCCCCCCCCCCCCCCCCC. The van der Waals surface area contributed by atoms with Gasteiger partial charge in [0.2, 0.25) is 0 Å². The molecule has 0 bridgehead atoms. The number of hydrogen-bond donors (Lipinski definition) is 0. The number of hydrogen-bond acceptors (Lipinski definition) is 6. The molecular formula is C77H128O6. The van der Waals surface area contributed by atoms with Crippen molar-refractivity contribution in [3.05, 3.63) is 134 Å². The second-order valence-corrected chi connectivity index (χ2v) is 22.7. The van der Waals surface area contributed by atoms with Crippen molar-refractivity contribution in [2.24, 2.45) is 0 Å². The smallest absolute Gasteiger partial charge is 0.306 e. The number of carbonyl (C=O) groups excluding carboxylic acids is 3. The van der Waals surface area contributed by atoms with E-state index < -0.39 is 6.10 Å². The van der Waals surface area contributed by atoms with E-state index in [2.05, 4.69) is 154 Å². The first kappa shape index (κ1) is 78.5. The molecule has 0 radical (unpaired) electrons. The van der Waals surface area contributed by atoms with E-state index in [0.717, 1.165) is 109 Å². The van der Waals surface area contributed by atoms with E-state index in [4.69, 9.17) is 14.2 Å². The summed E-state index contributed by atoms with van der Waals surface area (Å²) in [5.74, 6) is -1.01. The van der Waals surface area contributed by atoms with Crippen molar-refractivity contribution in [1.82, 2.24) is 0 Å². The number of unbranched alkanes of at least 4 members (excludes halogenated alkanes) is 29. The predicted molar refractivity (Wildman–Crippen MR) is 362 cm³/mol. The van der Waals surface area contributed by atoms with Gasteiger partial charge < -0.3 is 14.2 Å². The van der Waals surface area contributed by atoms with Gasteiger partial charge in [-0.25, -0.2) is 0 Å². The summed E-state index contributed by atoms with van der Waals surface area (Å²) < 4.78 is 16.9. The zero-order valence-corrected chi connectivity index (χ0v) is 54.2. The van der Waals surface area contributed by atoms with Gasteiger partial charge in [0.05, 0.1) is 0 Å². The number of allylic oxidation sites excluding steroid dienone is 22. The first-order valence-corrected chi connectivity index (χ1v) is 34.7. The molecule has 1 unspecified atom stereocenters. The molecule has 6 nitrogen and oxygen atoms in total. The molecule has 0 saturated carbocycles. The normalized spacial score (nSPS) is 13.0. The molecule has 1 atom stereocenters. The Hall–Kier alpha value is -4.45. The summed E-state index contributed by atoms with van der Waals surface area (Å²) in [4.78, 5) is 38.4. The van der Waals surface area contributed by atoms with Gasteiger partial charge in [-0.15, -0.1) is 0 Å². The minimum Gasteiger partial charge on any atom is -0.462 e. The molecule has 0 saturated heterocycles. The van der Waals surface area contributed by atoms with Crippen molar-refractivity contribution in [2.75, 3.05) is 13.2 Å². The average Bonchev–Trinajstić information content (AvgIpc) is 3.49. The molecule has 0 spiro atoms. The average molecular weight is 1150 g/mol. The summed E-state index contributed by atoms with van der Waals surface area (Å²) >= 11 is 0. The van der Waals surface area contributed by atoms with Crippen molar-refractivity contribution in [2.45, 2.75) is 322 Å². The van der Waals surface area contributed by atoms with E-state index in [0.29, 0.717) is 25.7 Å². The van der Waals surface area contributed by atoms with Crippen molar-refractivity contribution in [1.29, 1.82) is 0 Å². The van der Waals surface area contributed by atoms with E-state index >= 15 is 0 Å². The highest BCUT2D eigenvalue weighted by Gasteiger charge is 2.19. The van der Waals surface area contributed by atoms with Gasteiger partial charge in [-0.1, -0.05) is 321 Å². The first-order valence-electron chi connectivity index (χ1n) is 34.7. The summed E-state index contributed by atoms with van der Waals surface area (Å²) in [7, 11) is 0. The molecule has 0 amide bonds. The molecule has 0 aromatic carbocycles. The maximum absolute atomic E-state index is 12.9. The second kappa shape index (κ2) is 70.0. The minimum atomic E-state index is -0.831. The Balaban J connectivity index is 4.42. The van der Waals surface area contributed by atoms with Gasteiger partial charge in [0.1, 0.15) is 13.2 Å². The van der Waals surface area contributed by atoms with Gasteiger partial charge in [-0.05, 0) is 109 Å². The summed E-state index contributed by atoms with van der Waals surface area (Å²) in [5.41, 5.74) is 0. The van der Waals surface area contributed by atoms with Crippen LogP contribution in [0.25, 0.3) is 0 Å². The maximum Gasteiger partial charge on any atom is 0.306 e. The third-order valence-corrected chi connectivity index (χ3v) is 14.7. The van der Waals surface area contributed by atoms with E-state index in [1.165, 1.54) is 154 Å². The standard InChI is InChI=1S/C77H128O6/c1-4-7-10-13-16-19-22-25-28-30-32-34-36-37-38-39-41-42-44-46-49-52-55-58-61-64-67-70-76(79)82-73-74(72-81-75(78)69-66-63-60-57-54-51-48-27-24-21-18-15-12-9-6-3)83-77(80)71-68-65-62-59-56-53-50-47-45-43-40-35-33-31-29-26-23-20-17-14-11-8-5-2/h8-9,11-12,17-18,20-21,26-27,29,33,35,43,45,48,50,53-54,57,59,62,74H,4-7,10,13-16,19,22-25,28,30-32,34,36-42,44,46-47,49,51-52,55-56,58,60-61,63-73H2,1-3H3/b11-8-,12-9-,20-17-,21-18-,29-26-,35-33-,45-43-,48-27-,53-50-,57-54-,62-59-. The quantitative estimate of drug-likeness (QED) is 0.0261. The maximum atomic E-state index is 12.9. The van der Waals surface area contributed by atoms with Crippen molar-refractivity contribution >= 4 is 17.9 Å². The Morgan fingerprint density at radius 3 is 0.771 bits per heavy atom. The van der Waals surface area contributed by atoms with Crippen LogP contribution in [0.3, 0.4) is 0 Å². The fraction of sp³-hybridized carbons (Fsp3) is 0.675. The van der Waals surface area contributed by atoms with Crippen LogP contribution in [-0.2, 0) is 28.6 Å². The number of rotatable bonds is 62. The third-order valence-electron chi connectivity index (χ3n) is 14.7. The van der Waals surface area contributed by atoms with Crippen LogP contribution in [0, 0.1) is 0 Å². The fourth-order valence-corrected chi connectivity index (χ4v) is 9.54. The molecule has 0 aliphatic carbocycles. The molecule has 6 heteroatoms. The monoisotopic (exact) mass is 1150 g/mol. The van der Waals surface area contributed by atoms with Crippen LogP contribution in [0.5, 0.6) is 0 Å². The molecule has 0 aromatic rings. The van der Waals surface area contributed by atoms with E-state index in [9.17, 15) is 14.4 Å². The van der Waals surface area contributed by atoms with Gasteiger partial charge in [-0.3, -0.25) is 14.4 Å². The molecule has 0 aliphatic rings. The van der Waals surface area contributed by atoms with E-state index in [1.54, 1.807) is 0 Å². The molecule has 0 aliphatic heterocycles. The van der Waals surface area contributed by atoms with Crippen molar-refractivity contribution < 1.29 is 28.6 Å². The van der Waals surface area contributed by atoms with Gasteiger partial charge in [0.25, 0.3) is 0 Å². The van der Waals surface area contributed by atoms with Crippen molar-refractivity contribution in [3.8, 4) is 0 Å². The summed E-state index contributed by atoms with van der Waals surface area (Å²) in [6.45, 7) is 6.36. The zero-order chi connectivity index (χ0) is 59.9. The molecule has 472 valence electrons. The van der Waals surface area contributed by atoms with Crippen LogP contribution in [0.15, 0.2) is 134 Å². The minimum absolute atomic E-state index is 0.116. The van der Waals surface area contributed by atoms with E-state index in [1.807, 2.05) is 0 Å². The lowest BCUT2D eigenvalue weighted by Crippen LogP contribution is -2.30. The van der Waals surface area contributed by atoms with Gasteiger partial charge in [-0.2, -0.15) is 0 Å². The Labute approximate surface area is 513 Å². The summed E-state index contributed by atoms with van der Waals surface area (Å²) in [6, 6.07) is 0. The van der Waals surface area contributed by atoms with Crippen LogP contribution >= 0.6 is 0 Å². The Bertz CT molecular complexity index is 1750. The topological polar surface area (TPSA) is 78.9 Å². The van der Waals surface area contributed by atoms with Crippen molar-refractivity contribution in [3.63, 3.8) is 0 Å². The Morgan fingerprint density at radius 1 is 0.253 bits per heavy atom. The lowest BCUT2D eigenvalue weighted by atomic mass is 10.0. The highest BCUT2D eigenvalue weighted by atomic mass is 16.6. The molecule has 83 heavy (non-hydrogen) atoms. The Morgan fingerprint density at radius 2 is 0.482 bits per heavy atom. The lowest BCUT2D eigenvalue weighted by Gasteiger charge is -2.18. The summed E-state index contributed by atoms with van der Waals surface area (Å²) in [5, 5.41) is 0. The fourth-order valence-electron chi connectivity index (χ4n) is 9.54. The zero-order valence-electron chi connectivity index (χ0n) is 54.2. The molecule has 0 aromatic heterocycles. The van der Waals surface area contributed by atoms with Crippen LogP contribution in [0.2, 0.25) is 0 Å². The highest BCUT2D eigenvalue weighted by molar-refractivity contribution is 5.71. The van der Waals surface area contributed by atoms with Crippen LogP contribution < -0.4 is 0 Å². The third kappa shape index (κ3) is 68.2.